The van der Waals surface area contributed by atoms with E-state index >= 15 is 0 Å². The number of rotatable bonds is 4. The molecule has 19 heavy (non-hydrogen) atoms. The Labute approximate surface area is 111 Å². The van der Waals surface area contributed by atoms with Gasteiger partial charge in [-0.15, -0.1) is 0 Å². The van der Waals surface area contributed by atoms with Gasteiger partial charge in [0.05, 0.1) is 0 Å². The minimum absolute atomic E-state index is 0.00992. The molecule has 1 aromatic rings. The van der Waals surface area contributed by atoms with E-state index in [0.29, 0.717) is 13.0 Å². The highest BCUT2D eigenvalue weighted by Gasteiger charge is 2.17. The van der Waals surface area contributed by atoms with Crippen molar-refractivity contribution in [2.75, 3.05) is 13.2 Å². The van der Waals surface area contributed by atoms with Gasteiger partial charge >= 0.3 is 0 Å². The first-order valence-electron chi connectivity index (χ1n) is 6.44. The standard InChI is InChI=1S/C14H17F2NO2/c15-12-5-1-4-11(14(12)16)8-17-13(18)7-10-3-2-6-19-9-10/h1,4-5,10H,2-3,6-9H2,(H,17,18). The second kappa shape index (κ2) is 6.61. The summed E-state index contributed by atoms with van der Waals surface area (Å²) in [4.78, 5) is 11.7. The van der Waals surface area contributed by atoms with Crippen molar-refractivity contribution in [1.29, 1.82) is 0 Å². The van der Waals surface area contributed by atoms with Crippen LogP contribution in [0.5, 0.6) is 0 Å². The lowest BCUT2D eigenvalue weighted by molar-refractivity contribution is -0.123. The summed E-state index contributed by atoms with van der Waals surface area (Å²) >= 11 is 0. The number of carbonyl (C=O) groups excluding carboxylic acids is 1. The molecule has 104 valence electrons. The summed E-state index contributed by atoms with van der Waals surface area (Å²) in [6, 6.07) is 3.94. The molecule has 0 saturated carbocycles. The van der Waals surface area contributed by atoms with Gasteiger partial charge in [0.1, 0.15) is 0 Å². The highest BCUT2D eigenvalue weighted by molar-refractivity contribution is 5.76. The quantitative estimate of drug-likeness (QED) is 0.911. The fraction of sp³-hybridized carbons (Fsp3) is 0.500. The van der Waals surface area contributed by atoms with Crippen molar-refractivity contribution in [2.24, 2.45) is 5.92 Å². The molecular formula is C14H17F2NO2. The number of nitrogens with one attached hydrogen (secondary N) is 1. The Morgan fingerprint density at radius 3 is 3.00 bits per heavy atom. The van der Waals surface area contributed by atoms with Gasteiger partial charge in [0.15, 0.2) is 11.6 Å². The van der Waals surface area contributed by atoms with E-state index in [0.717, 1.165) is 25.5 Å². The summed E-state index contributed by atoms with van der Waals surface area (Å²) in [5.74, 6) is -1.72. The smallest absolute Gasteiger partial charge is 0.220 e. The van der Waals surface area contributed by atoms with E-state index in [1.165, 1.54) is 12.1 Å². The number of benzene rings is 1. The van der Waals surface area contributed by atoms with Crippen molar-refractivity contribution in [3.8, 4) is 0 Å². The number of amides is 1. The van der Waals surface area contributed by atoms with Gasteiger partial charge in [0, 0.05) is 31.7 Å². The molecule has 1 atom stereocenters. The van der Waals surface area contributed by atoms with E-state index in [4.69, 9.17) is 4.74 Å². The van der Waals surface area contributed by atoms with Gasteiger partial charge in [-0.05, 0) is 24.8 Å². The van der Waals surface area contributed by atoms with Crippen LogP contribution in [-0.4, -0.2) is 19.1 Å². The zero-order valence-electron chi connectivity index (χ0n) is 10.6. The van der Waals surface area contributed by atoms with Crippen molar-refractivity contribution < 1.29 is 18.3 Å². The first-order valence-corrected chi connectivity index (χ1v) is 6.44. The Hall–Kier alpha value is -1.49. The number of halogens is 2. The van der Waals surface area contributed by atoms with Gasteiger partial charge in [0.25, 0.3) is 0 Å². The highest BCUT2D eigenvalue weighted by Crippen LogP contribution is 2.17. The second-order valence-corrected chi connectivity index (χ2v) is 4.78. The maximum atomic E-state index is 13.4. The molecule has 1 fully saturated rings. The average molecular weight is 269 g/mol. The van der Waals surface area contributed by atoms with Crippen molar-refractivity contribution in [3.63, 3.8) is 0 Å². The molecule has 0 radical (unpaired) electrons. The van der Waals surface area contributed by atoms with Gasteiger partial charge in [-0.25, -0.2) is 8.78 Å². The SMILES string of the molecule is O=C(CC1CCCOC1)NCc1cccc(F)c1F. The maximum Gasteiger partial charge on any atom is 0.220 e. The summed E-state index contributed by atoms with van der Waals surface area (Å²) in [7, 11) is 0. The molecule has 1 aliphatic heterocycles. The normalized spacial score (nSPS) is 19.2. The van der Waals surface area contributed by atoms with Gasteiger partial charge in [-0.1, -0.05) is 12.1 Å². The first-order chi connectivity index (χ1) is 9.16. The van der Waals surface area contributed by atoms with E-state index < -0.39 is 11.6 Å². The van der Waals surface area contributed by atoms with Crippen molar-refractivity contribution in [2.45, 2.75) is 25.8 Å². The average Bonchev–Trinajstić information content (AvgIpc) is 2.42. The molecule has 1 amide bonds. The van der Waals surface area contributed by atoms with Crippen LogP contribution in [-0.2, 0) is 16.1 Å². The molecule has 0 spiro atoms. The lowest BCUT2D eigenvalue weighted by Crippen LogP contribution is -2.28. The van der Waals surface area contributed by atoms with E-state index in [1.54, 1.807) is 0 Å². The predicted molar refractivity (Wildman–Crippen MR) is 66.4 cm³/mol. The molecule has 1 aliphatic rings. The van der Waals surface area contributed by atoms with E-state index in [9.17, 15) is 13.6 Å². The third-order valence-corrected chi connectivity index (χ3v) is 3.24. The van der Waals surface area contributed by atoms with E-state index in [1.807, 2.05) is 0 Å². The summed E-state index contributed by atoms with van der Waals surface area (Å²) < 4.78 is 31.6. The Morgan fingerprint density at radius 1 is 1.42 bits per heavy atom. The van der Waals surface area contributed by atoms with Crippen LogP contribution in [0.4, 0.5) is 8.78 Å². The molecule has 0 aromatic heterocycles. The molecule has 0 aliphatic carbocycles. The summed E-state index contributed by atoms with van der Waals surface area (Å²) in [5, 5.41) is 2.61. The van der Waals surface area contributed by atoms with Crippen LogP contribution in [0.3, 0.4) is 0 Å². The van der Waals surface area contributed by atoms with Crippen LogP contribution >= 0.6 is 0 Å². The minimum atomic E-state index is -0.899. The number of hydrogen-bond donors (Lipinski definition) is 1. The molecule has 1 unspecified atom stereocenters. The van der Waals surface area contributed by atoms with Crippen LogP contribution in [0.25, 0.3) is 0 Å². The molecule has 1 saturated heterocycles. The monoisotopic (exact) mass is 269 g/mol. The number of carbonyl (C=O) groups is 1. The van der Waals surface area contributed by atoms with Crippen molar-refractivity contribution in [3.05, 3.63) is 35.4 Å². The summed E-state index contributed by atoms with van der Waals surface area (Å²) in [6.07, 6.45) is 2.31. The fourth-order valence-corrected chi connectivity index (χ4v) is 2.18. The molecule has 0 bridgehead atoms. The molecular weight excluding hydrogens is 252 g/mol. The van der Waals surface area contributed by atoms with E-state index in [2.05, 4.69) is 5.32 Å². The van der Waals surface area contributed by atoms with Crippen molar-refractivity contribution >= 4 is 5.91 Å². The van der Waals surface area contributed by atoms with Gasteiger partial charge in [-0.2, -0.15) is 0 Å². The fourth-order valence-electron chi connectivity index (χ4n) is 2.18. The molecule has 3 nitrogen and oxygen atoms in total. The van der Waals surface area contributed by atoms with Gasteiger partial charge < -0.3 is 10.1 Å². The molecule has 5 heteroatoms. The Morgan fingerprint density at radius 2 is 2.26 bits per heavy atom. The topological polar surface area (TPSA) is 38.3 Å². The predicted octanol–water partition coefficient (Wildman–Crippen LogP) is 2.40. The van der Waals surface area contributed by atoms with Crippen LogP contribution in [0, 0.1) is 17.6 Å². The maximum absolute atomic E-state index is 13.4. The summed E-state index contributed by atoms with van der Waals surface area (Å²) in [6.45, 7) is 1.37. The highest BCUT2D eigenvalue weighted by atomic mass is 19.2. The van der Waals surface area contributed by atoms with Gasteiger partial charge in [-0.3, -0.25) is 4.79 Å². The van der Waals surface area contributed by atoms with Crippen LogP contribution in [0.1, 0.15) is 24.8 Å². The van der Waals surface area contributed by atoms with Crippen molar-refractivity contribution in [1.82, 2.24) is 5.32 Å². The third kappa shape index (κ3) is 3.99. The second-order valence-electron chi connectivity index (χ2n) is 4.78. The summed E-state index contributed by atoms with van der Waals surface area (Å²) in [5.41, 5.74) is 0.160. The Bertz CT molecular complexity index is 445. The van der Waals surface area contributed by atoms with Crippen LogP contribution in [0.2, 0.25) is 0 Å². The molecule has 1 N–H and O–H groups in total. The van der Waals surface area contributed by atoms with Gasteiger partial charge in [0.2, 0.25) is 5.91 Å². The van der Waals surface area contributed by atoms with E-state index in [-0.39, 0.29) is 23.9 Å². The third-order valence-electron chi connectivity index (χ3n) is 3.24. The zero-order chi connectivity index (χ0) is 13.7. The Balaban J connectivity index is 1.81. The van der Waals surface area contributed by atoms with Crippen LogP contribution < -0.4 is 5.32 Å². The molecule has 1 aromatic carbocycles. The number of hydrogen-bond acceptors (Lipinski definition) is 2. The lowest BCUT2D eigenvalue weighted by atomic mass is 9.98. The Kier molecular flexibility index (Phi) is 4.85. The molecule has 2 rings (SSSR count). The lowest BCUT2D eigenvalue weighted by Gasteiger charge is -2.21. The first kappa shape index (κ1) is 13.9. The number of ether oxygens (including phenoxy) is 1. The van der Waals surface area contributed by atoms with Crippen LogP contribution in [0.15, 0.2) is 18.2 Å². The zero-order valence-corrected chi connectivity index (χ0v) is 10.6. The molecule has 1 heterocycles. The largest absolute Gasteiger partial charge is 0.381 e. The minimum Gasteiger partial charge on any atom is -0.381 e.